The van der Waals surface area contributed by atoms with Gasteiger partial charge in [0.15, 0.2) is 0 Å². The molecule has 1 fully saturated rings. The molecule has 0 spiro atoms. The number of benzene rings is 1. The van der Waals surface area contributed by atoms with Crippen LogP contribution in [0.1, 0.15) is 32.6 Å². The minimum atomic E-state index is 0.456. The molecular weight excluding hydrogens is 301 g/mol. The van der Waals surface area contributed by atoms with Gasteiger partial charge in [0.2, 0.25) is 0 Å². The summed E-state index contributed by atoms with van der Waals surface area (Å²) in [5, 5.41) is 4.76. The van der Waals surface area contributed by atoms with Crippen LogP contribution in [0, 0.1) is 5.92 Å². The number of hydrogen-bond acceptors (Lipinski definition) is 4. The Kier molecular flexibility index (Phi) is 3.83. The van der Waals surface area contributed by atoms with E-state index in [1.165, 1.54) is 37.4 Å². The molecule has 1 heterocycles. The van der Waals surface area contributed by atoms with Crippen molar-refractivity contribution in [2.24, 2.45) is 5.92 Å². The molecule has 2 unspecified atom stereocenters. The standard InChI is InChI=1S/C13H15Cl2N3S/c1-7-4-2-3-5-10(7)16-11-8(14)6-9(15)12-13(11)18-19-17-12/h6-7,10,16H,2-5H2,1H3. The fourth-order valence-electron chi connectivity index (χ4n) is 2.73. The Morgan fingerprint density at radius 3 is 2.68 bits per heavy atom. The zero-order chi connectivity index (χ0) is 13.4. The van der Waals surface area contributed by atoms with Gasteiger partial charge in [0.05, 0.1) is 27.5 Å². The number of fused-ring (bicyclic) bond motifs is 1. The number of aromatic nitrogens is 2. The van der Waals surface area contributed by atoms with Gasteiger partial charge in [-0.15, -0.1) is 0 Å². The van der Waals surface area contributed by atoms with Crippen molar-refractivity contribution in [2.45, 2.75) is 38.6 Å². The summed E-state index contributed by atoms with van der Waals surface area (Å²) in [5.41, 5.74) is 2.41. The molecule has 1 saturated carbocycles. The molecule has 0 amide bonds. The summed E-state index contributed by atoms with van der Waals surface area (Å²) in [6.07, 6.45) is 5.04. The van der Waals surface area contributed by atoms with Crippen LogP contribution in [0.2, 0.25) is 10.0 Å². The van der Waals surface area contributed by atoms with Crippen LogP contribution in [0.15, 0.2) is 6.07 Å². The van der Waals surface area contributed by atoms with E-state index in [0.29, 0.717) is 22.0 Å². The zero-order valence-electron chi connectivity index (χ0n) is 10.6. The normalized spacial score (nSPS) is 23.7. The molecule has 1 aromatic heterocycles. The molecule has 0 saturated heterocycles. The topological polar surface area (TPSA) is 37.8 Å². The number of halogens is 2. The lowest BCUT2D eigenvalue weighted by atomic mass is 9.86. The number of nitrogens with one attached hydrogen (secondary N) is 1. The summed E-state index contributed by atoms with van der Waals surface area (Å²) in [6, 6.07) is 2.21. The maximum atomic E-state index is 6.32. The van der Waals surface area contributed by atoms with Crippen molar-refractivity contribution in [2.75, 3.05) is 5.32 Å². The monoisotopic (exact) mass is 315 g/mol. The van der Waals surface area contributed by atoms with Gasteiger partial charge in [0, 0.05) is 6.04 Å². The Labute approximate surface area is 126 Å². The van der Waals surface area contributed by atoms with E-state index >= 15 is 0 Å². The molecule has 1 aromatic carbocycles. The van der Waals surface area contributed by atoms with Gasteiger partial charge < -0.3 is 5.32 Å². The zero-order valence-corrected chi connectivity index (χ0v) is 12.9. The van der Waals surface area contributed by atoms with E-state index in [1.807, 2.05) is 0 Å². The van der Waals surface area contributed by atoms with Crippen molar-refractivity contribution >= 4 is 51.7 Å². The van der Waals surface area contributed by atoms with Crippen LogP contribution >= 0.6 is 34.9 Å². The van der Waals surface area contributed by atoms with E-state index in [1.54, 1.807) is 6.07 Å². The summed E-state index contributed by atoms with van der Waals surface area (Å²) >= 11 is 13.6. The predicted octanol–water partition coefficient (Wildman–Crippen LogP) is 4.99. The average Bonchev–Trinajstić information content (AvgIpc) is 2.86. The molecule has 3 rings (SSSR count). The van der Waals surface area contributed by atoms with Crippen LogP contribution in [0.25, 0.3) is 11.0 Å². The van der Waals surface area contributed by atoms with Crippen LogP contribution in [0.4, 0.5) is 5.69 Å². The smallest absolute Gasteiger partial charge is 0.130 e. The van der Waals surface area contributed by atoms with Gasteiger partial charge in [0.25, 0.3) is 0 Å². The summed E-state index contributed by atoms with van der Waals surface area (Å²) < 4.78 is 8.56. The molecule has 2 atom stereocenters. The molecule has 6 heteroatoms. The van der Waals surface area contributed by atoms with Crippen molar-refractivity contribution in [3.8, 4) is 0 Å². The van der Waals surface area contributed by atoms with Gasteiger partial charge in [-0.25, -0.2) is 0 Å². The quantitative estimate of drug-likeness (QED) is 0.848. The van der Waals surface area contributed by atoms with Crippen molar-refractivity contribution in [1.82, 2.24) is 8.75 Å². The first-order valence-corrected chi connectivity index (χ1v) is 8.02. The minimum absolute atomic E-state index is 0.456. The summed E-state index contributed by atoms with van der Waals surface area (Å²) in [4.78, 5) is 0. The van der Waals surface area contributed by atoms with Crippen molar-refractivity contribution in [3.05, 3.63) is 16.1 Å². The highest BCUT2D eigenvalue weighted by Gasteiger charge is 2.23. The first-order valence-electron chi connectivity index (χ1n) is 6.53. The highest BCUT2D eigenvalue weighted by Crippen LogP contribution is 2.37. The second-order valence-corrected chi connectivity index (χ2v) is 6.53. The van der Waals surface area contributed by atoms with Gasteiger partial charge in [-0.1, -0.05) is 43.0 Å². The molecular formula is C13H15Cl2N3S. The summed E-state index contributed by atoms with van der Waals surface area (Å²) in [5.74, 6) is 0.655. The van der Waals surface area contributed by atoms with Crippen LogP contribution in [-0.4, -0.2) is 14.8 Å². The van der Waals surface area contributed by atoms with E-state index in [-0.39, 0.29) is 0 Å². The first-order chi connectivity index (χ1) is 9.16. The number of anilines is 1. The van der Waals surface area contributed by atoms with E-state index in [4.69, 9.17) is 23.2 Å². The lowest BCUT2D eigenvalue weighted by Gasteiger charge is -2.30. The highest BCUT2D eigenvalue weighted by atomic mass is 35.5. The van der Waals surface area contributed by atoms with Gasteiger partial charge in [-0.05, 0) is 24.8 Å². The molecule has 0 aliphatic heterocycles. The average molecular weight is 316 g/mol. The molecule has 2 aromatic rings. The van der Waals surface area contributed by atoms with Crippen molar-refractivity contribution in [1.29, 1.82) is 0 Å². The fourth-order valence-corrected chi connectivity index (χ4v) is 3.89. The molecule has 0 bridgehead atoms. The third-order valence-electron chi connectivity index (χ3n) is 3.89. The van der Waals surface area contributed by atoms with Crippen LogP contribution in [0.3, 0.4) is 0 Å². The molecule has 19 heavy (non-hydrogen) atoms. The Balaban J connectivity index is 1.98. The van der Waals surface area contributed by atoms with Crippen molar-refractivity contribution in [3.63, 3.8) is 0 Å². The predicted molar refractivity (Wildman–Crippen MR) is 82.5 cm³/mol. The number of nitrogens with zero attached hydrogens (tertiary/aromatic N) is 2. The highest BCUT2D eigenvalue weighted by molar-refractivity contribution is 7.00. The SMILES string of the molecule is CC1CCCCC1Nc1c(Cl)cc(Cl)c2nsnc12. The molecule has 1 aliphatic rings. The molecule has 0 radical (unpaired) electrons. The second kappa shape index (κ2) is 5.43. The Morgan fingerprint density at radius 1 is 1.16 bits per heavy atom. The van der Waals surface area contributed by atoms with Crippen molar-refractivity contribution < 1.29 is 0 Å². The maximum Gasteiger partial charge on any atom is 0.130 e. The van der Waals surface area contributed by atoms with E-state index in [9.17, 15) is 0 Å². The third-order valence-corrected chi connectivity index (χ3v) is 5.00. The van der Waals surface area contributed by atoms with Gasteiger partial charge >= 0.3 is 0 Å². The molecule has 1 aliphatic carbocycles. The largest absolute Gasteiger partial charge is 0.379 e. The fraction of sp³-hybridized carbons (Fsp3) is 0.538. The van der Waals surface area contributed by atoms with Gasteiger partial charge in [0.1, 0.15) is 11.0 Å². The van der Waals surface area contributed by atoms with E-state index in [2.05, 4.69) is 21.0 Å². The minimum Gasteiger partial charge on any atom is -0.379 e. The Bertz CT molecular complexity index is 599. The molecule has 102 valence electrons. The number of rotatable bonds is 2. The maximum absolute atomic E-state index is 6.32. The number of hydrogen-bond donors (Lipinski definition) is 1. The summed E-state index contributed by atoms with van der Waals surface area (Å²) in [6.45, 7) is 2.29. The van der Waals surface area contributed by atoms with Crippen LogP contribution in [-0.2, 0) is 0 Å². The molecule has 3 nitrogen and oxygen atoms in total. The third kappa shape index (κ3) is 2.54. The van der Waals surface area contributed by atoms with E-state index in [0.717, 1.165) is 16.7 Å². The Hall–Kier alpha value is -0.580. The van der Waals surface area contributed by atoms with E-state index < -0.39 is 0 Å². The van der Waals surface area contributed by atoms with Gasteiger partial charge in [-0.3, -0.25) is 0 Å². The lowest BCUT2D eigenvalue weighted by molar-refractivity contribution is 0.350. The van der Waals surface area contributed by atoms with Crippen LogP contribution in [0.5, 0.6) is 0 Å². The Morgan fingerprint density at radius 2 is 1.89 bits per heavy atom. The first kappa shape index (κ1) is 13.4. The lowest BCUT2D eigenvalue weighted by Crippen LogP contribution is -2.30. The van der Waals surface area contributed by atoms with Gasteiger partial charge in [-0.2, -0.15) is 8.75 Å². The molecule has 1 N–H and O–H groups in total. The van der Waals surface area contributed by atoms with Crippen LogP contribution < -0.4 is 5.32 Å². The summed E-state index contributed by atoms with van der Waals surface area (Å²) in [7, 11) is 0. The second-order valence-electron chi connectivity index (χ2n) is 5.19.